The zero-order valence-corrected chi connectivity index (χ0v) is 11.7. The Morgan fingerprint density at radius 2 is 2.05 bits per heavy atom. The van der Waals surface area contributed by atoms with Crippen LogP contribution >= 0.6 is 15.9 Å². The molecule has 0 unspecified atom stereocenters. The van der Waals surface area contributed by atoms with Crippen molar-refractivity contribution in [2.24, 2.45) is 0 Å². The van der Waals surface area contributed by atoms with Gasteiger partial charge in [0.15, 0.2) is 0 Å². The maximum atomic E-state index is 13.8. The molecule has 1 heterocycles. The minimum absolute atomic E-state index is 0.0414. The third kappa shape index (κ3) is 3.19. The van der Waals surface area contributed by atoms with E-state index in [1.165, 1.54) is 12.3 Å². The predicted molar refractivity (Wildman–Crippen MR) is 72.9 cm³/mol. The average molecular weight is 358 g/mol. The Labute approximate surface area is 125 Å². The molecule has 0 radical (unpaired) electrons. The van der Waals surface area contributed by atoms with E-state index in [9.17, 15) is 23.7 Å². The molecule has 1 aromatic heterocycles. The molecule has 21 heavy (non-hydrogen) atoms. The molecular formula is C12H6BrF2N3O3. The lowest BCUT2D eigenvalue weighted by molar-refractivity contribution is -0.387. The van der Waals surface area contributed by atoms with Crippen molar-refractivity contribution in [2.45, 2.75) is 0 Å². The highest BCUT2D eigenvalue weighted by Crippen LogP contribution is 2.24. The summed E-state index contributed by atoms with van der Waals surface area (Å²) in [6.45, 7) is 0. The summed E-state index contributed by atoms with van der Waals surface area (Å²) in [7, 11) is 0. The molecule has 0 aliphatic carbocycles. The SMILES string of the molecule is O=C(Nc1cc(Br)ccn1)c1c(F)ccc([N+](=O)[O-])c1F. The molecule has 0 saturated carbocycles. The van der Waals surface area contributed by atoms with Crippen LogP contribution < -0.4 is 5.32 Å². The van der Waals surface area contributed by atoms with Crippen LogP contribution in [0.25, 0.3) is 0 Å². The normalized spacial score (nSPS) is 10.2. The van der Waals surface area contributed by atoms with E-state index < -0.39 is 33.7 Å². The molecule has 2 rings (SSSR count). The number of nitro benzene ring substituents is 1. The highest BCUT2D eigenvalue weighted by Gasteiger charge is 2.26. The highest BCUT2D eigenvalue weighted by atomic mass is 79.9. The van der Waals surface area contributed by atoms with Gasteiger partial charge in [0.25, 0.3) is 5.91 Å². The van der Waals surface area contributed by atoms with Crippen molar-refractivity contribution < 1.29 is 18.5 Å². The second-order valence-corrected chi connectivity index (χ2v) is 4.74. The summed E-state index contributed by atoms with van der Waals surface area (Å²) in [5.74, 6) is -3.86. The van der Waals surface area contributed by atoms with Crippen molar-refractivity contribution in [2.75, 3.05) is 5.32 Å². The molecule has 1 amide bonds. The van der Waals surface area contributed by atoms with Gasteiger partial charge >= 0.3 is 5.69 Å². The number of carbonyl (C=O) groups is 1. The summed E-state index contributed by atoms with van der Waals surface area (Å²) in [5.41, 5.74) is -2.02. The molecule has 0 spiro atoms. The van der Waals surface area contributed by atoms with Gasteiger partial charge in [-0.2, -0.15) is 4.39 Å². The van der Waals surface area contributed by atoms with Crippen molar-refractivity contribution in [1.82, 2.24) is 4.98 Å². The first-order chi connectivity index (χ1) is 9.90. The first-order valence-corrected chi connectivity index (χ1v) is 6.24. The van der Waals surface area contributed by atoms with Crippen LogP contribution in [0.3, 0.4) is 0 Å². The van der Waals surface area contributed by atoms with E-state index in [1.54, 1.807) is 6.07 Å². The Morgan fingerprint density at radius 3 is 2.67 bits per heavy atom. The maximum Gasteiger partial charge on any atom is 0.305 e. The zero-order valence-electron chi connectivity index (χ0n) is 10.1. The van der Waals surface area contributed by atoms with Gasteiger partial charge in [0.05, 0.1) is 4.92 Å². The largest absolute Gasteiger partial charge is 0.306 e. The number of nitrogens with zero attached hydrogens (tertiary/aromatic N) is 2. The van der Waals surface area contributed by atoms with Gasteiger partial charge in [-0.05, 0) is 18.2 Å². The molecule has 1 aromatic carbocycles. The molecule has 6 nitrogen and oxygen atoms in total. The fourth-order valence-corrected chi connectivity index (χ4v) is 1.88. The van der Waals surface area contributed by atoms with Crippen molar-refractivity contribution in [1.29, 1.82) is 0 Å². The number of halogens is 3. The fraction of sp³-hybridized carbons (Fsp3) is 0. The summed E-state index contributed by atoms with van der Waals surface area (Å²) in [4.78, 5) is 25.2. The van der Waals surface area contributed by atoms with Crippen LogP contribution in [0.2, 0.25) is 0 Å². The Kier molecular flexibility index (Phi) is 4.22. The number of benzene rings is 1. The van der Waals surface area contributed by atoms with E-state index in [-0.39, 0.29) is 5.82 Å². The lowest BCUT2D eigenvalue weighted by atomic mass is 10.1. The van der Waals surface area contributed by atoms with Gasteiger partial charge in [0.2, 0.25) is 5.82 Å². The van der Waals surface area contributed by atoms with Crippen LogP contribution in [0.4, 0.5) is 20.3 Å². The number of carbonyl (C=O) groups excluding carboxylic acids is 1. The molecule has 0 atom stereocenters. The molecule has 0 aliphatic rings. The van der Waals surface area contributed by atoms with Gasteiger partial charge in [-0.3, -0.25) is 14.9 Å². The quantitative estimate of drug-likeness (QED) is 0.674. The number of aromatic nitrogens is 1. The Balaban J connectivity index is 2.39. The lowest BCUT2D eigenvalue weighted by Crippen LogP contribution is -2.17. The topological polar surface area (TPSA) is 85.1 Å². The van der Waals surface area contributed by atoms with Crippen molar-refractivity contribution in [3.8, 4) is 0 Å². The van der Waals surface area contributed by atoms with Crippen LogP contribution in [-0.4, -0.2) is 15.8 Å². The Hall–Kier alpha value is -2.42. The lowest BCUT2D eigenvalue weighted by Gasteiger charge is -2.07. The third-order valence-electron chi connectivity index (χ3n) is 2.46. The van der Waals surface area contributed by atoms with E-state index in [0.717, 1.165) is 0 Å². The number of rotatable bonds is 3. The fourth-order valence-electron chi connectivity index (χ4n) is 1.54. The molecule has 0 fully saturated rings. The van der Waals surface area contributed by atoms with Gasteiger partial charge in [0, 0.05) is 16.7 Å². The molecule has 1 N–H and O–H groups in total. The molecule has 9 heteroatoms. The highest BCUT2D eigenvalue weighted by molar-refractivity contribution is 9.10. The maximum absolute atomic E-state index is 13.8. The molecule has 0 aliphatic heterocycles. The number of hydrogen-bond donors (Lipinski definition) is 1. The number of amides is 1. The first-order valence-electron chi connectivity index (χ1n) is 5.45. The number of nitro groups is 1. The first kappa shape index (κ1) is 15.0. The number of hydrogen-bond acceptors (Lipinski definition) is 4. The third-order valence-corrected chi connectivity index (χ3v) is 2.95. The van der Waals surface area contributed by atoms with Gasteiger partial charge in [0.1, 0.15) is 17.2 Å². The predicted octanol–water partition coefficient (Wildman–Crippen LogP) is 3.28. The van der Waals surface area contributed by atoms with Crippen LogP contribution in [0.5, 0.6) is 0 Å². The molecule has 0 bridgehead atoms. The summed E-state index contributed by atoms with van der Waals surface area (Å²) in [5, 5.41) is 12.8. The van der Waals surface area contributed by atoms with E-state index in [1.807, 2.05) is 0 Å². The standard InChI is InChI=1S/C12H6BrF2N3O3/c13-6-3-4-16-9(5-6)17-12(19)10-7(14)1-2-8(11(10)15)18(20)21/h1-5H,(H,16,17,19). The average Bonchev–Trinajstić information content (AvgIpc) is 2.38. The summed E-state index contributed by atoms with van der Waals surface area (Å²) in [6, 6.07) is 4.30. The summed E-state index contributed by atoms with van der Waals surface area (Å²) in [6.07, 6.45) is 1.36. The second kappa shape index (κ2) is 5.92. The van der Waals surface area contributed by atoms with Gasteiger partial charge in [-0.1, -0.05) is 15.9 Å². The van der Waals surface area contributed by atoms with E-state index >= 15 is 0 Å². The molecule has 2 aromatic rings. The van der Waals surface area contributed by atoms with Crippen LogP contribution in [0, 0.1) is 21.7 Å². The van der Waals surface area contributed by atoms with Crippen LogP contribution in [0.1, 0.15) is 10.4 Å². The Morgan fingerprint density at radius 1 is 1.33 bits per heavy atom. The molecule has 108 valence electrons. The van der Waals surface area contributed by atoms with Crippen LogP contribution in [-0.2, 0) is 0 Å². The molecule has 0 saturated heterocycles. The minimum atomic E-state index is -1.53. The molecular weight excluding hydrogens is 352 g/mol. The van der Waals surface area contributed by atoms with Gasteiger partial charge in [-0.25, -0.2) is 9.37 Å². The summed E-state index contributed by atoms with van der Waals surface area (Å²) >= 11 is 3.14. The smallest absolute Gasteiger partial charge is 0.305 e. The minimum Gasteiger partial charge on any atom is -0.306 e. The van der Waals surface area contributed by atoms with E-state index in [2.05, 4.69) is 26.2 Å². The van der Waals surface area contributed by atoms with E-state index in [0.29, 0.717) is 16.6 Å². The van der Waals surface area contributed by atoms with Gasteiger partial charge in [-0.15, -0.1) is 0 Å². The van der Waals surface area contributed by atoms with Crippen molar-refractivity contribution >= 4 is 33.3 Å². The zero-order chi connectivity index (χ0) is 15.6. The van der Waals surface area contributed by atoms with Crippen molar-refractivity contribution in [3.63, 3.8) is 0 Å². The Bertz CT molecular complexity index is 740. The summed E-state index contributed by atoms with van der Waals surface area (Å²) < 4.78 is 28.0. The van der Waals surface area contributed by atoms with Gasteiger partial charge < -0.3 is 5.32 Å². The number of pyridine rings is 1. The number of anilines is 1. The van der Waals surface area contributed by atoms with Crippen LogP contribution in [0.15, 0.2) is 34.9 Å². The monoisotopic (exact) mass is 357 g/mol. The number of nitrogens with one attached hydrogen (secondary N) is 1. The second-order valence-electron chi connectivity index (χ2n) is 3.83. The van der Waals surface area contributed by atoms with Crippen molar-refractivity contribution in [3.05, 3.63) is 62.2 Å². The van der Waals surface area contributed by atoms with E-state index in [4.69, 9.17) is 0 Å².